The molecule has 0 saturated heterocycles. The highest BCUT2D eigenvalue weighted by Crippen LogP contribution is 2.20. The van der Waals surface area contributed by atoms with E-state index in [0.29, 0.717) is 0 Å². The summed E-state index contributed by atoms with van der Waals surface area (Å²) in [4.78, 5) is 15.3. The van der Waals surface area contributed by atoms with Gasteiger partial charge in [0.15, 0.2) is 0 Å². The van der Waals surface area contributed by atoms with E-state index < -0.39 is 5.41 Å². The molecule has 1 heterocycles. The molecular formula is C17H19NO. The number of carbonyl (C=O) groups excluding carboxylic acids is 1. The summed E-state index contributed by atoms with van der Waals surface area (Å²) in [6, 6.07) is 8.37. The zero-order chi connectivity index (χ0) is 13.9. The van der Waals surface area contributed by atoms with Crippen molar-refractivity contribution in [1.29, 1.82) is 0 Å². The van der Waals surface area contributed by atoms with Gasteiger partial charge in [-0.05, 0) is 43.4 Å². The van der Waals surface area contributed by atoms with Gasteiger partial charge in [-0.2, -0.15) is 0 Å². The van der Waals surface area contributed by atoms with E-state index in [9.17, 15) is 4.79 Å². The lowest BCUT2D eigenvalue weighted by Crippen LogP contribution is -2.07. The number of aldehydes is 1. The maximum atomic E-state index is 10.9. The van der Waals surface area contributed by atoms with Crippen molar-refractivity contribution in [2.24, 2.45) is 5.41 Å². The smallest absolute Gasteiger partial charge is 0.129 e. The maximum Gasteiger partial charge on any atom is 0.129 e. The van der Waals surface area contributed by atoms with Crippen LogP contribution < -0.4 is 0 Å². The molecule has 2 aromatic rings. The first-order chi connectivity index (χ1) is 9.04. The summed E-state index contributed by atoms with van der Waals surface area (Å²) in [5, 5.41) is 2.34. The monoisotopic (exact) mass is 253 g/mol. The van der Waals surface area contributed by atoms with Gasteiger partial charge in [0.25, 0.3) is 0 Å². The molecule has 2 nitrogen and oxygen atoms in total. The van der Waals surface area contributed by atoms with Gasteiger partial charge in [-0.15, -0.1) is 0 Å². The van der Waals surface area contributed by atoms with Crippen LogP contribution in [0.3, 0.4) is 0 Å². The molecule has 0 aliphatic carbocycles. The number of nitrogens with zero attached hydrogens (tertiary/aromatic N) is 1. The average Bonchev–Trinajstić information content (AvgIpc) is 2.44. The van der Waals surface area contributed by atoms with Crippen molar-refractivity contribution in [3.05, 3.63) is 47.8 Å². The second-order valence-electron chi connectivity index (χ2n) is 5.41. The SMILES string of the molecule is CCc1cc2cc(/C=C/C(C)(C)C=O)ccc2cn1. The molecule has 0 atom stereocenters. The van der Waals surface area contributed by atoms with Crippen molar-refractivity contribution in [2.45, 2.75) is 27.2 Å². The Hall–Kier alpha value is -1.96. The van der Waals surface area contributed by atoms with Crippen LogP contribution in [0.5, 0.6) is 0 Å². The van der Waals surface area contributed by atoms with Crippen molar-refractivity contribution in [3.63, 3.8) is 0 Å². The number of hydrogen-bond donors (Lipinski definition) is 0. The largest absolute Gasteiger partial charge is 0.302 e. The first-order valence-electron chi connectivity index (χ1n) is 6.58. The summed E-state index contributed by atoms with van der Waals surface area (Å²) < 4.78 is 0. The van der Waals surface area contributed by atoms with Crippen molar-refractivity contribution in [2.75, 3.05) is 0 Å². The van der Waals surface area contributed by atoms with E-state index in [-0.39, 0.29) is 0 Å². The summed E-state index contributed by atoms with van der Waals surface area (Å²) in [6.45, 7) is 5.90. The molecule has 0 radical (unpaired) electrons. The molecule has 1 aromatic heterocycles. The van der Waals surface area contributed by atoms with Crippen LogP contribution in [0.2, 0.25) is 0 Å². The number of aromatic nitrogens is 1. The second-order valence-corrected chi connectivity index (χ2v) is 5.41. The molecule has 0 fully saturated rings. The number of pyridine rings is 1. The highest BCUT2D eigenvalue weighted by Gasteiger charge is 2.10. The Kier molecular flexibility index (Phi) is 3.79. The number of hydrogen-bond acceptors (Lipinski definition) is 2. The lowest BCUT2D eigenvalue weighted by Gasteiger charge is -2.09. The Balaban J connectivity index is 2.38. The van der Waals surface area contributed by atoms with Gasteiger partial charge in [0.05, 0.1) is 0 Å². The van der Waals surface area contributed by atoms with Gasteiger partial charge in [-0.25, -0.2) is 0 Å². The summed E-state index contributed by atoms with van der Waals surface area (Å²) in [7, 11) is 0. The fraction of sp³-hybridized carbons (Fsp3) is 0.294. The second kappa shape index (κ2) is 5.35. The fourth-order valence-corrected chi connectivity index (χ4v) is 1.85. The summed E-state index contributed by atoms with van der Waals surface area (Å²) >= 11 is 0. The van der Waals surface area contributed by atoms with Crippen LogP contribution >= 0.6 is 0 Å². The van der Waals surface area contributed by atoms with Gasteiger partial charge in [0, 0.05) is 22.7 Å². The highest BCUT2D eigenvalue weighted by atomic mass is 16.1. The first kappa shape index (κ1) is 13.5. The predicted molar refractivity (Wildman–Crippen MR) is 80.0 cm³/mol. The zero-order valence-electron chi connectivity index (χ0n) is 11.7. The quantitative estimate of drug-likeness (QED) is 0.770. The van der Waals surface area contributed by atoms with E-state index in [1.54, 1.807) is 0 Å². The number of aryl methyl sites for hydroxylation is 1. The molecule has 0 N–H and O–H groups in total. The molecule has 0 saturated carbocycles. The molecule has 2 heteroatoms. The van der Waals surface area contributed by atoms with Crippen LogP contribution in [0.1, 0.15) is 32.0 Å². The lowest BCUT2D eigenvalue weighted by molar-refractivity contribution is -0.112. The van der Waals surface area contributed by atoms with Gasteiger partial charge >= 0.3 is 0 Å². The fourth-order valence-electron chi connectivity index (χ4n) is 1.85. The molecule has 1 aromatic carbocycles. The van der Waals surface area contributed by atoms with Crippen LogP contribution in [0.15, 0.2) is 36.5 Å². The summed E-state index contributed by atoms with van der Waals surface area (Å²) in [5.74, 6) is 0. The van der Waals surface area contributed by atoms with Crippen LogP contribution in [0.4, 0.5) is 0 Å². The van der Waals surface area contributed by atoms with Gasteiger partial charge < -0.3 is 4.79 Å². The molecule has 0 bridgehead atoms. The van der Waals surface area contributed by atoms with Crippen LogP contribution in [-0.4, -0.2) is 11.3 Å². The Morgan fingerprint density at radius 3 is 2.68 bits per heavy atom. The standard InChI is InChI=1S/C17H19NO/c1-4-16-10-15-9-13(5-6-14(15)11-18-16)7-8-17(2,3)12-19/h5-12H,4H2,1-3H3/b8-7+. The van der Waals surface area contributed by atoms with Crippen molar-refractivity contribution < 1.29 is 4.79 Å². The molecule has 19 heavy (non-hydrogen) atoms. The number of allylic oxidation sites excluding steroid dienone is 1. The van der Waals surface area contributed by atoms with Crippen molar-refractivity contribution >= 4 is 23.1 Å². The van der Waals surface area contributed by atoms with Gasteiger partial charge in [-0.1, -0.05) is 31.2 Å². The minimum absolute atomic E-state index is 0.415. The topological polar surface area (TPSA) is 30.0 Å². The number of fused-ring (bicyclic) bond motifs is 1. The van der Waals surface area contributed by atoms with Crippen LogP contribution in [0.25, 0.3) is 16.8 Å². The van der Waals surface area contributed by atoms with Crippen LogP contribution in [0, 0.1) is 5.41 Å². The predicted octanol–water partition coefficient (Wildman–Crippen LogP) is 4.04. The Bertz CT molecular complexity index is 626. The lowest BCUT2D eigenvalue weighted by atomic mass is 9.94. The van der Waals surface area contributed by atoms with Gasteiger partial charge in [0.2, 0.25) is 0 Å². The Labute approximate surface area is 114 Å². The molecule has 0 amide bonds. The maximum absolute atomic E-state index is 10.9. The van der Waals surface area contributed by atoms with Crippen LogP contribution in [-0.2, 0) is 11.2 Å². The van der Waals surface area contributed by atoms with Gasteiger partial charge in [0.1, 0.15) is 6.29 Å². The summed E-state index contributed by atoms with van der Waals surface area (Å²) in [6.07, 6.45) is 7.75. The average molecular weight is 253 g/mol. The third-order valence-electron chi connectivity index (χ3n) is 3.17. The molecule has 2 rings (SSSR count). The van der Waals surface area contributed by atoms with E-state index in [1.807, 2.05) is 38.3 Å². The molecule has 0 spiro atoms. The molecule has 98 valence electrons. The molecule has 0 aliphatic heterocycles. The van der Waals surface area contributed by atoms with Crippen molar-refractivity contribution in [3.8, 4) is 0 Å². The zero-order valence-corrected chi connectivity index (χ0v) is 11.7. The highest BCUT2D eigenvalue weighted by molar-refractivity contribution is 5.84. The molecule has 0 unspecified atom stereocenters. The third kappa shape index (κ3) is 3.28. The molecule has 0 aliphatic rings. The minimum atomic E-state index is -0.415. The Morgan fingerprint density at radius 2 is 2.00 bits per heavy atom. The molecular weight excluding hydrogens is 234 g/mol. The Morgan fingerprint density at radius 1 is 1.21 bits per heavy atom. The first-order valence-corrected chi connectivity index (χ1v) is 6.58. The van der Waals surface area contributed by atoms with E-state index in [1.165, 1.54) is 5.39 Å². The number of carbonyl (C=O) groups is 1. The number of benzene rings is 1. The number of rotatable bonds is 4. The van der Waals surface area contributed by atoms with E-state index >= 15 is 0 Å². The summed E-state index contributed by atoms with van der Waals surface area (Å²) in [5.41, 5.74) is 1.79. The van der Waals surface area contributed by atoms with E-state index in [4.69, 9.17) is 0 Å². The van der Waals surface area contributed by atoms with E-state index in [0.717, 1.165) is 29.4 Å². The normalized spacial score (nSPS) is 12.2. The third-order valence-corrected chi connectivity index (χ3v) is 3.17. The van der Waals surface area contributed by atoms with E-state index in [2.05, 4.69) is 30.1 Å². The minimum Gasteiger partial charge on any atom is -0.302 e. The van der Waals surface area contributed by atoms with Gasteiger partial charge in [-0.3, -0.25) is 4.98 Å². The van der Waals surface area contributed by atoms with Crippen molar-refractivity contribution in [1.82, 2.24) is 4.98 Å².